The van der Waals surface area contributed by atoms with Gasteiger partial charge in [0.05, 0.1) is 43.0 Å². The predicted octanol–water partition coefficient (Wildman–Crippen LogP) is 7.17. The molecule has 5 aromatic rings. The number of fused-ring (bicyclic) bond motifs is 2. The molecule has 3 fully saturated rings. The van der Waals surface area contributed by atoms with E-state index in [1.165, 1.54) is 39.5 Å². The third-order valence-electron chi connectivity index (χ3n) is 12.2. The van der Waals surface area contributed by atoms with Gasteiger partial charge >= 0.3 is 6.09 Å². The average molecular weight is 791 g/mol. The summed E-state index contributed by atoms with van der Waals surface area (Å²) in [6.45, 7) is 5.16. The summed E-state index contributed by atoms with van der Waals surface area (Å²) in [5.74, 6) is 3.85. The van der Waals surface area contributed by atoms with Crippen LogP contribution in [0, 0.1) is 23.6 Å². The normalized spacial score (nSPS) is 21.8. The van der Waals surface area contributed by atoms with E-state index in [2.05, 4.69) is 37.5 Å². The van der Waals surface area contributed by atoms with Crippen LogP contribution in [-0.4, -0.2) is 81.1 Å². The molecule has 13 nitrogen and oxygen atoms in total. The number of aromatic nitrogens is 5. The number of ether oxygens (including phenoxy) is 2. The third kappa shape index (κ3) is 8.66. The molecular formula is C44H51FN8O5. The van der Waals surface area contributed by atoms with Crippen LogP contribution in [0.3, 0.4) is 0 Å². The Labute approximate surface area is 337 Å². The van der Waals surface area contributed by atoms with Crippen molar-refractivity contribution in [1.82, 2.24) is 40.5 Å². The van der Waals surface area contributed by atoms with Crippen LogP contribution in [0.15, 0.2) is 79.4 Å². The summed E-state index contributed by atoms with van der Waals surface area (Å²) >= 11 is 0. The number of hydrogen-bond acceptors (Lipinski definition) is 8. The number of carbonyl (C=O) groups is 3. The molecule has 0 spiro atoms. The number of amides is 3. The summed E-state index contributed by atoms with van der Waals surface area (Å²) in [7, 11) is 2.73. The van der Waals surface area contributed by atoms with E-state index in [-0.39, 0.29) is 17.8 Å². The Morgan fingerprint density at radius 2 is 1.66 bits per heavy atom. The van der Waals surface area contributed by atoms with Crippen molar-refractivity contribution in [3.8, 4) is 33.6 Å². The zero-order chi connectivity index (χ0) is 40.8. The van der Waals surface area contributed by atoms with Gasteiger partial charge in [-0.15, -0.1) is 0 Å². The van der Waals surface area contributed by atoms with Crippen LogP contribution >= 0.6 is 0 Å². The molecule has 1 aliphatic heterocycles. The van der Waals surface area contributed by atoms with Crippen molar-refractivity contribution in [2.45, 2.75) is 76.6 Å². The van der Waals surface area contributed by atoms with Crippen molar-refractivity contribution in [2.75, 3.05) is 20.8 Å². The number of hydrogen-bond donors (Lipinski definition) is 4. The lowest BCUT2D eigenvalue weighted by Crippen LogP contribution is -2.54. The molecular weight excluding hydrogens is 740 g/mol. The second-order valence-corrected chi connectivity index (χ2v) is 15.5. The second-order valence-electron chi connectivity index (χ2n) is 15.5. The van der Waals surface area contributed by atoms with Crippen molar-refractivity contribution in [3.05, 3.63) is 102 Å². The number of nitrogens with one attached hydrogen (secondary N) is 4. The number of halogens is 1. The first-order chi connectivity index (χ1) is 28.2. The smallest absolute Gasteiger partial charge is 0.407 e. The lowest BCUT2D eigenvalue weighted by Gasteiger charge is -2.30. The second kappa shape index (κ2) is 18.1. The number of aromatic amines is 2. The fourth-order valence-corrected chi connectivity index (χ4v) is 8.96. The quantitative estimate of drug-likeness (QED) is 0.0966. The van der Waals surface area contributed by atoms with Gasteiger partial charge < -0.3 is 35.0 Å². The van der Waals surface area contributed by atoms with E-state index in [1.807, 2.05) is 48.7 Å². The van der Waals surface area contributed by atoms with Gasteiger partial charge in [0.2, 0.25) is 12.3 Å². The number of benzene rings is 2. The summed E-state index contributed by atoms with van der Waals surface area (Å²) in [5, 5.41) is 5.14. The number of rotatable bonds is 12. The first-order valence-electron chi connectivity index (χ1n) is 19.9. The number of methoxy groups -OCH3 is 2. The molecule has 3 aromatic heterocycles. The Morgan fingerprint density at radius 3 is 2.33 bits per heavy atom. The van der Waals surface area contributed by atoms with Gasteiger partial charge in [0.25, 0.3) is 0 Å². The van der Waals surface area contributed by atoms with Gasteiger partial charge in [-0.2, -0.15) is 0 Å². The Kier molecular flexibility index (Phi) is 12.6. The van der Waals surface area contributed by atoms with Gasteiger partial charge in [0.1, 0.15) is 23.5 Å². The number of carbonyl (C=O) groups excluding carboxylic acids is 3. The van der Waals surface area contributed by atoms with Gasteiger partial charge in [-0.25, -0.2) is 19.2 Å². The SMILES string of the molecule is COC(=O)NC(C(=O)N1CCCC1c1ncc(-c2ccc(-c3ccc(-c4cnc(C5C6CCC(C6)C5C)[nH]4)cc3)c(F)c2)[nH]1)C(C)OC.O=CNCc1cccnc1. The maximum Gasteiger partial charge on any atom is 0.407 e. The minimum absolute atomic E-state index is 0.278. The number of H-pyrrole nitrogens is 2. The topological polar surface area (TPSA) is 167 Å². The van der Waals surface area contributed by atoms with Crippen LogP contribution in [0.5, 0.6) is 0 Å². The number of nitrogens with zero attached hydrogens (tertiary/aromatic N) is 4. The van der Waals surface area contributed by atoms with E-state index < -0.39 is 18.2 Å². The van der Waals surface area contributed by atoms with Crippen LogP contribution in [0.25, 0.3) is 33.6 Å². The fraction of sp³-hybridized carbons (Fsp3) is 0.409. The maximum atomic E-state index is 15.6. The van der Waals surface area contributed by atoms with Crippen molar-refractivity contribution in [2.24, 2.45) is 17.8 Å². The van der Waals surface area contributed by atoms with E-state index in [0.29, 0.717) is 60.4 Å². The van der Waals surface area contributed by atoms with Crippen molar-refractivity contribution in [3.63, 3.8) is 0 Å². The highest BCUT2D eigenvalue weighted by Crippen LogP contribution is 2.56. The largest absolute Gasteiger partial charge is 0.453 e. The Hall–Kier alpha value is -5.89. The van der Waals surface area contributed by atoms with Gasteiger partial charge in [-0.1, -0.05) is 49.4 Å². The Balaban J connectivity index is 0.000000449. The number of imidazole rings is 2. The molecule has 2 bridgehead atoms. The number of pyridine rings is 1. The van der Waals surface area contributed by atoms with Crippen LogP contribution in [0.1, 0.15) is 75.1 Å². The summed E-state index contributed by atoms with van der Waals surface area (Å²) < 4.78 is 25.7. The van der Waals surface area contributed by atoms with Gasteiger partial charge in [-0.05, 0) is 85.6 Å². The Bertz CT molecular complexity index is 2170. The summed E-state index contributed by atoms with van der Waals surface area (Å²) in [6.07, 6.45) is 11.9. The molecule has 0 radical (unpaired) electrons. The summed E-state index contributed by atoms with van der Waals surface area (Å²) in [4.78, 5) is 57.2. The molecule has 304 valence electrons. The van der Waals surface area contributed by atoms with Gasteiger partial charge in [0, 0.05) is 49.6 Å². The Morgan fingerprint density at radius 1 is 0.948 bits per heavy atom. The van der Waals surface area contributed by atoms with Gasteiger partial charge in [-0.3, -0.25) is 14.6 Å². The molecule has 1 saturated heterocycles. The molecule has 3 aliphatic rings. The molecule has 14 heteroatoms. The number of likely N-dealkylation sites (tertiary alicyclic amines) is 1. The molecule has 58 heavy (non-hydrogen) atoms. The van der Waals surface area contributed by atoms with E-state index in [4.69, 9.17) is 14.5 Å². The molecule has 2 aromatic carbocycles. The highest BCUT2D eigenvalue weighted by atomic mass is 19.1. The fourth-order valence-electron chi connectivity index (χ4n) is 8.96. The molecule has 4 heterocycles. The molecule has 2 saturated carbocycles. The molecule has 4 N–H and O–H groups in total. The molecule has 7 unspecified atom stereocenters. The van der Waals surface area contributed by atoms with Crippen molar-refractivity contribution >= 4 is 18.4 Å². The first kappa shape index (κ1) is 40.3. The minimum atomic E-state index is -0.916. The standard InChI is InChI=1S/C37H43FN6O4.C7H8N2O/c1-20-24-11-12-26(16-24)32(20)35-40-18-29(42-35)23-9-7-22(8-10-23)27-14-13-25(17-28(27)38)30-19-39-34(41-30)31-6-5-15-44(31)36(45)33(21(2)47-3)43-37(46)48-4;10-6-9-5-7-2-1-3-8-4-7/h7-10,13-14,17-21,24,26,31-33H,5-6,11-12,15-16H2,1-4H3,(H,39,41)(H,40,42)(H,43,46);1-4,6H,5H2,(H,9,10). The van der Waals surface area contributed by atoms with Crippen LogP contribution < -0.4 is 10.6 Å². The molecule has 8 rings (SSSR count). The van der Waals surface area contributed by atoms with Gasteiger partial charge in [0.15, 0.2) is 0 Å². The third-order valence-corrected chi connectivity index (χ3v) is 12.2. The zero-order valence-electron chi connectivity index (χ0n) is 33.3. The van der Waals surface area contributed by atoms with E-state index >= 15 is 4.39 Å². The van der Waals surface area contributed by atoms with Crippen LogP contribution in [0.2, 0.25) is 0 Å². The van der Waals surface area contributed by atoms with E-state index in [1.54, 1.807) is 36.5 Å². The zero-order valence-corrected chi connectivity index (χ0v) is 33.3. The average Bonchev–Trinajstić information content (AvgIpc) is 4.12. The minimum Gasteiger partial charge on any atom is -0.453 e. The van der Waals surface area contributed by atoms with Crippen LogP contribution in [-0.2, 0) is 25.6 Å². The van der Waals surface area contributed by atoms with Crippen molar-refractivity contribution in [1.29, 1.82) is 0 Å². The van der Waals surface area contributed by atoms with E-state index in [9.17, 15) is 14.4 Å². The highest BCUT2D eigenvalue weighted by molar-refractivity contribution is 5.87. The first-order valence-corrected chi connectivity index (χ1v) is 19.9. The number of alkyl carbamates (subject to hydrolysis) is 1. The van der Waals surface area contributed by atoms with E-state index in [0.717, 1.165) is 46.5 Å². The molecule has 2 aliphatic carbocycles. The summed E-state index contributed by atoms with van der Waals surface area (Å²) in [5.41, 5.74) is 5.63. The monoisotopic (exact) mass is 790 g/mol. The predicted molar refractivity (Wildman–Crippen MR) is 216 cm³/mol. The highest BCUT2D eigenvalue weighted by Gasteiger charge is 2.47. The maximum absolute atomic E-state index is 15.6. The molecule has 3 amide bonds. The molecule has 7 atom stereocenters. The lowest BCUT2D eigenvalue weighted by atomic mass is 9.80. The van der Waals surface area contributed by atoms with Crippen LogP contribution in [0.4, 0.5) is 9.18 Å². The summed E-state index contributed by atoms with van der Waals surface area (Å²) in [6, 6.07) is 15.6. The van der Waals surface area contributed by atoms with Crippen molar-refractivity contribution < 1.29 is 28.2 Å². The lowest BCUT2D eigenvalue weighted by molar-refractivity contribution is -0.137.